The fraction of sp³-hybridized carbons (Fsp3) is 0.333. The number of nitrogens with zero attached hydrogens (tertiary/aromatic N) is 2. The Hall–Kier alpha value is -2.90. The SMILES string of the molecule is COC(=O)C=Cc1ccc(N2CCCC2C(N)=O)c([N+](=O)[O-])c1. The fourth-order valence-corrected chi connectivity index (χ4v) is 2.62. The van der Waals surface area contributed by atoms with Gasteiger partial charge in [-0.25, -0.2) is 4.79 Å². The molecule has 1 unspecified atom stereocenters. The number of nitrogens with two attached hydrogens (primary N) is 1. The van der Waals surface area contributed by atoms with Crippen molar-refractivity contribution < 1.29 is 19.2 Å². The van der Waals surface area contributed by atoms with E-state index in [0.717, 1.165) is 6.42 Å². The van der Waals surface area contributed by atoms with Gasteiger partial charge in [-0.05, 0) is 30.5 Å². The number of anilines is 1. The van der Waals surface area contributed by atoms with Crippen LogP contribution in [-0.4, -0.2) is 36.5 Å². The van der Waals surface area contributed by atoms with E-state index in [-0.39, 0.29) is 5.69 Å². The number of hydrogen-bond acceptors (Lipinski definition) is 6. The van der Waals surface area contributed by atoms with Gasteiger partial charge < -0.3 is 15.4 Å². The summed E-state index contributed by atoms with van der Waals surface area (Å²) < 4.78 is 4.48. The number of rotatable bonds is 5. The molecule has 2 N–H and O–H groups in total. The van der Waals surface area contributed by atoms with Crippen LogP contribution in [-0.2, 0) is 14.3 Å². The van der Waals surface area contributed by atoms with Crippen LogP contribution in [0.1, 0.15) is 18.4 Å². The highest BCUT2D eigenvalue weighted by atomic mass is 16.6. The lowest BCUT2D eigenvalue weighted by atomic mass is 10.1. The number of esters is 1. The van der Waals surface area contributed by atoms with Crippen LogP contribution in [0.25, 0.3) is 6.08 Å². The zero-order chi connectivity index (χ0) is 17.0. The van der Waals surface area contributed by atoms with Gasteiger partial charge >= 0.3 is 5.97 Å². The summed E-state index contributed by atoms with van der Waals surface area (Å²) in [6, 6.07) is 4.02. The molecular weight excluding hydrogens is 302 g/mol. The lowest BCUT2D eigenvalue weighted by Crippen LogP contribution is -2.40. The van der Waals surface area contributed by atoms with Gasteiger partial charge in [0.2, 0.25) is 5.91 Å². The highest BCUT2D eigenvalue weighted by Gasteiger charge is 2.33. The molecule has 1 heterocycles. The monoisotopic (exact) mass is 319 g/mol. The number of nitro benzene ring substituents is 1. The second-order valence-electron chi connectivity index (χ2n) is 5.12. The third kappa shape index (κ3) is 3.65. The lowest BCUT2D eigenvalue weighted by Gasteiger charge is -2.24. The molecule has 1 fully saturated rings. The van der Waals surface area contributed by atoms with Crippen LogP contribution in [0.3, 0.4) is 0 Å². The van der Waals surface area contributed by atoms with Gasteiger partial charge in [-0.3, -0.25) is 14.9 Å². The van der Waals surface area contributed by atoms with E-state index in [1.54, 1.807) is 17.0 Å². The molecule has 1 aliphatic rings. The highest BCUT2D eigenvalue weighted by molar-refractivity contribution is 5.88. The lowest BCUT2D eigenvalue weighted by molar-refractivity contribution is -0.384. The normalized spacial score (nSPS) is 17.4. The van der Waals surface area contributed by atoms with E-state index in [1.807, 2.05) is 0 Å². The number of carbonyl (C=O) groups excluding carboxylic acids is 2. The summed E-state index contributed by atoms with van der Waals surface area (Å²) in [4.78, 5) is 35.1. The molecule has 1 aliphatic heterocycles. The van der Waals surface area contributed by atoms with E-state index >= 15 is 0 Å². The van der Waals surface area contributed by atoms with E-state index in [1.165, 1.54) is 25.3 Å². The molecule has 0 spiro atoms. The first-order chi connectivity index (χ1) is 10.9. The van der Waals surface area contributed by atoms with Crippen molar-refractivity contribution >= 4 is 29.3 Å². The minimum atomic E-state index is -0.551. The quantitative estimate of drug-likeness (QED) is 0.378. The first kappa shape index (κ1) is 16.5. The van der Waals surface area contributed by atoms with Gasteiger partial charge in [0.25, 0.3) is 5.69 Å². The van der Waals surface area contributed by atoms with Crippen molar-refractivity contribution in [3.63, 3.8) is 0 Å². The highest BCUT2D eigenvalue weighted by Crippen LogP contribution is 2.34. The molecule has 23 heavy (non-hydrogen) atoms. The van der Waals surface area contributed by atoms with Crippen molar-refractivity contribution in [3.05, 3.63) is 40.0 Å². The van der Waals surface area contributed by atoms with E-state index < -0.39 is 22.8 Å². The Balaban J connectivity index is 2.37. The molecule has 0 aliphatic carbocycles. The Labute approximate surface area is 132 Å². The van der Waals surface area contributed by atoms with Crippen LogP contribution in [0.15, 0.2) is 24.3 Å². The van der Waals surface area contributed by atoms with E-state index in [4.69, 9.17) is 5.73 Å². The maximum absolute atomic E-state index is 11.5. The first-order valence-corrected chi connectivity index (χ1v) is 7.04. The number of carbonyl (C=O) groups is 2. The number of methoxy groups -OCH3 is 1. The van der Waals surface area contributed by atoms with Crippen molar-refractivity contribution in [3.8, 4) is 0 Å². The summed E-state index contributed by atoms with van der Waals surface area (Å²) in [5, 5.41) is 11.3. The van der Waals surface area contributed by atoms with Gasteiger partial charge in [0.1, 0.15) is 11.7 Å². The van der Waals surface area contributed by atoms with E-state index in [0.29, 0.717) is 24.2 Å². The molecule has 122 valence electrons. The molecule has 0 bridgehead atoms. The average molecular weight is 319 g/mol. The summed E-state index contributed by atoms with van der Waals surface area (Å²) in [5.41, 5.74) is 6.07. The third-order valence-corrected chi connectivity index (χ3v) is 3.70. The molecule has 0 radical (unpaired) electrons. The predicted molar refractivity (Wildman–Crippen MR) is 83.7 cm³/mol. The van der Waals surface area contributed by atoms with Crippen LogP contribution >= 0.6 is 0 Å². The van der Waals surface area contributed by atoms with Gasteiger partial charge in [-0.2, -0.15) is 0 Å². The van der Waals surface area contributed by atoms with Crippen molar-refractivity contribution in [2.24, 2.45) is 5.73 Å². The second-order valence-corrected chi connectivity index (χ2v) is 5.12. The standard InChI is InChI=1S/C15H17N3O5/c1-23-14(19)7-5-10-4-6-11(13(9-10)18(21)22)17-8-2-3-12(17)15(16)20/h4-7,9,12H,2-3,8H2,1H3,(H2,16,20). The molecule has 1 saturated heterocycles. The molecule has 1 amide bonds. The third-order valence-electron chi connectivity index (χ3n) is 3.70. The Morgan fingerprint density at radius 1 is 1.48 bits per heavy atom. The number of primary amides is 1. The van der Waals surface area contributed by atoms with Gasteiger partial charge in [0.15, 0.2) is 0 Å². The number of ether oxygens (including phenoxy) is 1. The van der Waals surface area contributed by atoms with Crippen molar-refractivity contribution in [2.75, 3.05) is 18.6 Å². The summed E-state index contributed by atoms with van der Waals surface area (Å²) in [6.07, 6.45) is 3.93. The van der Waals surface area contributed by atoms with Gasteiger partial charge in [-0.1, -0.05) is 6.07 Å². The maximum atomic E-state index is 11.5. The van der Waals surface area contributed by atoms with Crippen molar-refractivity contribution in [2.45, 2.75) is 18.9 Å². The predicted octanol–water partition coefficient (Wildman–Crippen LogP) is 1.24. The number of hydrogen-bond donors (Lipinski definition) is 1. The Kier molecular flexibility index (Phi) is 4.95. The molecule has 1 atom stereocenters. The summed E-state index contributed by atoms with van der Waals surface area (Å²) in [5.74, 6) is -1.04. The summed E-state index contributed by atoms with van der Waals surface area (Å²) in [7, 11) is 1.25. The minimum absolute atomic E-state index is 0.134. The number of nitro groups is 1. The second kappa shape index (κ2) is 6.91. The Morgan fingerprint density at radius 2 is 2.22 bits per heavy atom. The molecule has 1 aromatic rings. The zero-order valence-corrected chi connectivity index (χ0v) is 12.6. The first-order valence-electron chi connectivity index (χ1n) is 7.04. The van der Waals surface area contributed by atoms with Crippen LogP contribution in [0.2, 0.25) is 0 Å². The zero-order valence-electron chi connectivity index (χ0n) is 12.6. The molecule has 8 nitrogen and oxygen atoms in total. The smallest absolute Gasteiger partial charge is 0.330 e. The van der Waals surface area contributed by atoms with Gasteiger partial charge in [-0.15, -0.1) is 0 Å². The maximum Gasteiger partial charge on any atom is 0.330 e. The fourth-order valence-electron chi connectivity index (χ4n) is 2.62. The molecule has 0 saturated carbocycles. The molecular formula is C15H17N3O5. The average Bonchev–Trinajstić information content (AvgIpc) is 3.01. The van der Waals surface area contributed by atoms with Crippen molar-refractivity contribution in [1.29, 1.82) is 0 Å². The summed E-state index contributed by atoms with van der Waals surface area (Å²) in [6.45, 7) is 0.534. The molecule has 1 aromatic carbocycles. The Morgan fingerprint density at radius 3 is 2.83 bits per heavy atom. The largest absolute Gasteiger partial charge is 0.466 e. The molecule has 8 heteroatoms. The number of benzene rings is 1. The molecule has 2 rings (SSSR count). The van der Waals surface area contributed by atoms with E-state index in [2.05, 4.69) is 4.74 Å². The van der Waals surface area contributed by atoms with Crippen LogP contribution < -0.4 is 10.6 Å². The Bertz CT molecular complexity index is 671. The van der Waals surface area contributed by atoms with E-state index in [9.17, 15) is 19.7 Å². The van der Waals surface area contributed by atoms with Gasteiger partial charge in [0, 0.05) is 18.7 Å². The van der Waals surface area contributed by atoms with Crippen LogP contribution in [0.4, 0.5) is 11.4 Å². The van der Waals surface area contributed by atoms with Crippen molar-refractivity contribution in [1.82, 2.24) is 0 Å². The van der Waals surface area contributed by atoms with Crippen LogP contribution in [0, 0.1) is 10.1 Å². The van der Waals surface area contributed by atoms with Gasteiger partial charge in [0.05, 0.1) is 12.0 Å². The van der Waals surface area contributed by atoms with Crippen LogP contribution in [0.5, 0.6) is 0 Å². The molecule has 0 aromatic heterocycles. The topological polar surface area (TPSA) is 116 Å². The minimum Gasteiger partial charge on any atom is -0.466 e. The number of amides is 1. The summed E-state index contributed by atoms with van der Waals surface area (Å²) >= 11 is 0.